The Balaban J connectivity index is 3.40. The van der Waals surface area contributed by atoms with E-state index in [9.17, 15) is 14.7 Å². The summed E-state index contributed by atoms with van der Waals surface area (Å²) in [6.45, 7) is 4.07. The van der Waals surface area contributed by atoms with E-state index in [0.29, 0.717) is 12.8 Å². The molecule has 0 heterocycles. The third-order valence-corrected chi connectivity index (χ3v) is 16.0. The average molecular weight is 1120 g/mol. The van der Waals surface area contributed by atoms with Crippen molar-refractivity contribution in [1.82, 2.24) is 0 Å². The Kier molecular flexibility index (Phi) is 68.3. The van der Waals surface area contributed by atoms with Gasteiger partial charge in [-0.05, 0) is 83.5 Å². The van der Waals surface area contributed by atoms with Gasteiger partial charge < -0.3 is 14.6 Å². The highest BCUT2D eigenvalue weighted by atomic mass is 16.6. The number of aliphatic hydroxyl groups excluding tert-OH is 1. The molecule has 0 aromatic rings. The molecule has 0 aromatic heterocycles. The lowest BCUT2D eigenvalue weighted by molar-refractivity contribution is -0.161. The average Bonchev–Trinajstić information content (AvgIpc) is 3.46. The molecule has 0 amide bonds. The number of allylic oxidation sites excluding steroid dienone is 12. The second-order valence-corrected chi connectivity index (χ2v) is 23.9. The highest BCUT2D eigenvalue weighted by molar-refractivity contribution is 5.70. The van der Waals surface area contributed by atoms with E-state index in [2.05, 4.69) is 86.8 Å². The zero-order valence-electron chi connectivity index (χ0n) is 53.6. The first-order chi connectivity index (χ1) is 39.6. The topological polar surface area (TPSA) is 72.8 Å². The molecule has 1 N–H and O–H groups in total. The smallest absolute Gasteiger partial charge is 0.306 e. The number of ether oxygens (including phenoxy) is 2. The molecular formula is C75H136O5. The number of rotatable bonds is 66. The Morgan fingerprint density at radius 1 is 0.300 bits per heavy atom. The normalized spacial score (nSPS) is 12.6. The van der Waals surface area contributed by atoms with Gasteiger partial charge in [0.05, 0.1) is 6.61 Å². The number of hydrogen-bond acceptors (Lipinski definition) is 5. The highest BCUT2D eigenvalue weighted by Crippen LogP contribution is 2.19. The van der Waals surface area contributed by atoms with Crippen LogP contribution in [0.1, 0.15) is 373 Å². The maximum atomic E-state index is 12.4. The van der Waals surface area contributed by atoms with Crippen molar-refractivity contribution in [3.63, 3.8) is 0 Å². The summed E-state index contributed by atoms with van der Waals surface area (Å²) in [5.41, 5.74) is 0. The Morgan fingerprint density at radius 3 is 0.812 bits per heavy atom. The van der Waals surface area contributed by atoms with Gasteiger partial charge in [-0.25, -0.2) is 0 Å². The third-order valence-electron chi connectivity index (χ3n) is 16.0. The summed E-state index contributed by atoms with van der Waals surface area (Å²) in [4.78, 5) is 24.7. The van der Waals surface area contributed by atoms with Crippen LogP contribution in [0.25, 0.3) is 0 Å². The molecular weight excluding hydrogens is 981 g/mol. The zero-order valence-corrected chi connectivity index (χ0v) is 53.6. The second-order valence-electron chi connectivity index (χ2n) is 23.9. The molecule has 0 radical (unpaired) electrons. The lowest BCUT2D eigenvalue weighted by Crippen LogP contribution is -2.28. The van der Waals surface area contributed by atoms with Crippen LogP contribution in [0, 0.1) is 0 Å². The number of unbranched alkanes of at least 4 members (excludes halogenated alkanes) is 46. The van der Waals surface area contributed by atoms with Crippen molar-refractivity contribution in [2.24, 2.45) is 0 Å². The van der Waals surface area contributed by atoms with Crippen LogP contribution in [0.4, 0.5) is 0 Å². The van der Waals surface area contributed by atoms with E-state index in [4.69, 9.17) is 9.47 Å². The first kappa shape index (κ1) is 77.3. The molecule has 0 aromatic carbocycles. The maximum absolute atomic E-state index is 12.4. The van der Waals surface area contributed by atoms with Crippen LogP contribution >= 0.6 is 0 Å². The van der Waals surface area contributed by atoms with E-state index < -0.39 is 6.10 Å². The molecule has 0 spiro atoms. The molecule has 0 rings (SSSR count). The van der Waals surface area contributed by atoms with Gasteiger partial charge in [0.25, 0.3) is 0 Å². The molecule has 0 fully saturated rings. The minimum Gasteiger partial charge on any atom is -0.462 e. The van der Waals surface area contributed by atoms with E-state index >= 15 is 0 Å². The molecule has 0 saturated heterocycles. The van der Waals surface area contributed by atoms with Gasteiger partial charge in [0.2, 0.25) is 0 Å². The summed E-state index contributed by atoms with van der Waals surface area (Å²) >= 11 is 0. The Morgan fingerprint density at radius 2 is 0.537 bits per heavy atom. The van der Waals surface area contributed by atoms with Gasteiger partial charge in [0.1, 0.15) is 6.61 Å². The fourth-order valence-electron chi connectivity index (χ4n) is 10.7. The number of hydrogen-bond donors (Lipinski definition) is 1. The summed E-state index contributed by atoms with van der Waals surface area (Å²) in [5.74, 6) is -0.570. The van der Waals surface area contributed by atoms with Crippen molar-refractivity contribution >= 4 is 11.9 Å². The number of esters is 2. The van der Waals surface area contributed by atoms with Crippen LogP contribution in [0.5, 0.6) is 0 Å². The van der Waals surface area contributed by atoms with Gasteiger partial charge >= 0.3 is 11.9 Å². The molecule has 5 nitrogen and oxygen atoms in total. The van der Waals surface area contributed by atoms with Crippen LogP contribution < -0.4 is 0 Å². The Labute approximate surface area is 499 Å². The summed E-state index contributed by atoms with van der Waals surface area (Å²) in [6, 6.07) is 0. The van der Waals surface area contributed by atoms with Crippen molar-refractivity contribution in [3.8, 4) is 0 Å². The van der Waals surface area contributed by atoms with Crippen molar-refractivity contribution in [2.45, 2.75) is 380 Å². The molecule has 5 heteroatoms. The molecule has 0 bridgehead atoms. The van der Waals surface area contributed by atoms with Crippen LogP contribution in [0.3, 0.4) is 0 Å². The summed E-state index contributed by atoms with van der Waals surface area (Å²) in [6.07, 6.45) is 98.0. The second kappa shape index (κ2) is 70.6. The van der Waals surface area contributed by atoms with Crippen molar-refractivity contribution in [3.05, 3.63) is 72.9 Å². The van der Waals surface area contributed by atoms with Crippen molar-refractivity contribution in [2.75, 3.05) is 13.2 Å². The van der Waals surface area contributed by atoms with Crippen LogP contribution in [-0.2, 0) is 19.1 Å². The summed E-state index contributed by atoms with van der Waals surface area (Å²) in [5, 5.41) is 9.71. The molecule has 466 valence electrons. The van der Waals surface area contributed by atoms with Gasteiger partial charge in [-0.3, -0.25) is 9.59 Å². The molecule has 0 saturated carbocycles. The van der Waals surface area contributed by atoms with Gasteiger partial charge in [0, 0.05) is 12.8 Å². The van der Waals surface area contributed by atoms with E-state index in [1.165, 1.54) is 276 Å². The van der Waals surface area contributed by atoms with Crippen LogP contribution in [-0.4, -0.2) is 36.4 Å². The molecule has 0 aliphatic heterocycles. The highest BCUT2D eigenvalue weighted by Gasteiger charge is 2.16. The van der Waals surface area contributed by atoms with Gasteiger partial charge in [0.15, 0.2) is 6.10 Å². The lowest BCUT2D eigenvalue weighted by atomic mass is 10.0. The zero-order chi connectivity index (χ0) is 57.6. The lowest BCUT2D eigenvalue weighted by Gasteiger charge is -2.15. The number of aliphatic hydroxyl groups is 1. The largest absolute Gasteiger partial charge is 0.462 e. The number of carbonyl (C=O) groups excluding carboxylic acids is 2. The molecule has 0 aliphatic rings. The SMILES string of the molecule is CC/C=C\C/C=C\C/C=C\C/C=C\CCCCCCCCCCCCCCCCCCCCCCCCCCC(=O)OC(CO)COC(=O)CCCCCCCCCCCCCCCCCCC/C=C\C/C=C\CCCCCCC. The fourth-order valence-corrected chi connectivity index (χ4v) is 10.7. The van der Waals surface area contributed by atoms with Gasteiger partial charge in [-0.15, -0.1) is 0 Å². The molecule has 1 atom stereocenters. The van der Waals surface area contributed by atoms with E-state index in [0.717, 1.165) is 70.6 Å². The quantitative estimate of drug-likeness (QED) is 0.0373. The van der Waals surface area contributed by atoms with Crippen molar-refractivity contribution in [1.29, 1.82) is 0 Å². The van der Waals surface area contributed by atoms with Gasteiger partial charge in [-0.1, -0.05) is 350 Å². The van der Waals surface area contributed by atoms with Crippen LogP contribution in [0.15, 0.2) is 72.9 Å². The first-order valence-electron chi connectivity index (χ1n) is 35.5. The minimum absolute atomic E-state index is 0.0616. The molecule has 80 heavy (non-hydrogen) atoms. The van der Waals surface area contributed by atoms with Crippen LogP contribution in [0.2, 0.25) is 0 Å². The summed E-state index contributed by atoms with van der Waals surface area (Å²) in [7, 11) is 0. The minimum atomic E-state index is -0.772. The fraction of sp³-hybridized carbons (Fsp3) is 0.813. The van der Waals surface area contributed by atoms with Crippen molar-refractivity contribution < 1.29 is 24.2 Å². The monoisotopic (exact) mass is 1120 g/mol. The molecule has 1 unspecified atom stereocenters. The third kappa shape index (κ3) is 67.8. The van der Waals surface area contributed by atoms with E-state index in [1.807, 2.05) is 0 Å². The maximum Gasteiger partial charge on any atom is 0.306 e. The van der Waals surface area contributed by atoms with Gasteiger partial charge in [-0.2, -0.15) is 0 Å². The number of carbonyl (C=O) groups is 2. The van der Waals surface area contributed by atoms with E-state index in [-0.39, 0.29) is 25.2 Å². The van der Waals surface area contributed by atoms with E-state index in [1.54, 1.807) is 0 Å². The molecule has 0 aliphatic carbocycles. The predicted molar refractivity (Wildman–Crippen MR) is 353 cm³/mol. The standard InChI is InChI=1S/C75H136O5/c1-3-5-7-9-11-13-15-17-19-21-23-25-27-29-31-33-34-35-36-37-38-39-40-42-44-46-48-50-52-54-56-58-60-62-64-66-68-70-75(78)80-73(71-76)72-79-74(77)69-67-65-63-61-59-57-55-53-51-49-47-45-43-41-32-30-28-26-24-22-20-18-16-14-12-10-8-6-4-2/h5,7,11,13,16-19,22-25,73,76H,3-4,6,8-10,12,14-15,20-21,26-72H2,1-2H3/b7-5-,13-11-,18-16-,19-17-,24-22-,25-23-. The Bertz CT molecular complexity index is 1400. The first-order valence-corrected chi connectivity index (χ1v) is 35.5. The Hall–Kier alpha value is -2.66. The predicted octanol–water partition coefficient (Wildman–Crippen LogP) is 24.7. The summed E-state index contributed by atoms with van der Waals surface area (Å²) < 4.78 is 10.8.